The lowest BCUT2D eigenvalue weighted by atomic mass is 10.2. The van der Waals surface area contributed by atoms with E-state index >= 15 is 0 Å². The van der Waals surface area contributed by atoms with E-state index in [1.165, 1.54) is 51.6 Å². The molecule has 0 aliphatic carbocycles. The van der Waals surface area contributed by atoms with E-state index in [-0.39, 0.29) is 0 Å². The van der Waals surface area contributed by atoms with Crippen LogP contribution in [0.3, 0.4) is 0 Å². The second kappa shape index (κ2) is 6.38. The van der Waals surface area contributed by atoms with Gasteiger partial charge in [-0.15, -0.1) is 0 Å². The van der Waals surface area contributed by atoms with Crippen LogP contribution in [0.4, 0.5) is 0 Å². The van der Waals surface area contributed by atoms with Gasteiger partial charge in [0.2, 0.25) is 0 Å². The van der Waals surface area contributed by atoms with E-state index in [2.05, 4.69) is 37.5 Å². The largest absolute Gasteiger partial charge is 0.298 e. The molecule has 2 aliphatic heterocycles. The van der Waals surface area contributed by atoms with Gasteiger partial charge >= 0.3 is 0 Å². The Morgan fingerprint density at radius 3 is 1.17 bits per heavy atom. The van der Waals surface area contributed by atoms with Gasteiger partial charge in [0.25, 0.3) is 0 Å². The highest BCUT2D eigenvalue weighted by molar-refractivity contribution is 4.83. The molecule has 0 radical (unpaired) electrons. The molecule has 2 saturated heterocycles. The van der Waals surface area contributed by atoms with Crippen LogP contribution in [0, 0.1) is 0 Å². The van der Waals surface area contributed by atoms with E-state index < -0.39 is 0 Å². The van der Waals surface area contributed by atoms with Crippen molar-refractivity contribution in [1.82, 2.24) is 9.80 Å². The van der Waals surface area contributed by atoms with Crippen LogP contribution in [0.25, 0.3) is 0 Å². The number of rotatable bonds is 5. The first-order valence-electron chi connectivity index (χ1n) is 8.11. The van der Waals surface area contributed by atoms with Crippen LogP contribution < -0.4 is 0 Å². The highest BCUT2D eigenvalue weighted by atomic mass is 15.2. The van der Waals surface area contributed by atoms with Crippen molar-refractivity contribution in [3.05, 3.63) is 0 Å². The van der Waals surface area contributed by atoms with E-state index in [0.29, 0.717) is 0 Å². The first-order chi connectivity index (χ1) is 8.59. The van der Waals surface area contributed by atoms with Crippen molar-refractivity contribution in [1.29, 1.82) is 0 Å². The Hall–Kier alpha value is -0.0800. The van der Waals surface area contributed by atoms with Gasteiger partial charge in [-0.1, -0.05) is 0 Å². The second-order valence-electron chi connectivity index (χ2n) is 6.73. The predicted molar refractivity (Wildman–Crippen MR) is 79.0 cm³/mol. The van der Waals surface area contributed by atoms with Crippen LogP contribution in [-0.2, 0) is 0 Å². The predicted octanol–water partition coefficient (Wildman–Crippen LogP) is 3.51. The van der Waals surface area contributed by atoms with Crippen molar-refractivity contribution in [3.63, 3.8) is 0 Å². The van der Waals surface area contributed by atoms with Crippen LogP contribution >= 0.6 is 0 Å². The van der Waals surface area contributed by atoms with Gasteiger partial charge in [-0.2, -0.15) is 0 Å². The fourth-order valence-electron chi connectivity index (χ4n) is 3.97. The highest BCUT2D eigenvalue weighted by Crippen LogP contribution is 2.25. The van der Waals surface area contributed by atoms with Crippen molar-refractivity contribution < 1.29 is 0 Å². The SMILES string of the molecule is C[C@@H]1CC[C@H](C)N1CCCCN1[C@H](C)CC[C@@H]1C. The Labute approximate surface area is 114 Å². The lowest BCUT2D eigenvalue weighted by Crippen LogP contribution is -2.36. The standard InChI is InChI=1S/C16H32N2/c1-13-7-8-14(2)17(13)11-5-6-12-18-15(3)9-10-16(18)4/h13-16H,5-12H2,1-4H3/t13-,14+,15-,16+. The second-order valence-corrected chi connectivity index (χ2v) is 6.73. The van der Waals surface area contributed by atoms with Crippen LogP contribution in [0.1, 0.15) is 66.2 Å². The zero-order chi connectivity index (χ0) is 13.1. The van der Waals surface area contributed by atoms with Gasteiger partial charge in [0, 0.05) is 24.2 Å². The monoisotopic (exact) mass is 252 g/mol. The normalized spacial score (nSPS) is 38.7. The number of hydrogen-bond donors (Lipinski definition) is 0. The molecule has 2 fully saturated rings. The van der Waals surface area contributed by atoms with Crippen LogP contribution in [-0.4, -0.2) is 47.1 Å². The number of nitrogens with zero attached hydrogens (tertiary/aromatic N) is 2. The average Bonchev–Trinajstić information content (AvgIpc) is 2.82. The third kappa shape index (κ3) is 3.27. The maximum Gasteiger partial charge on any atom is 0.00703 e. The summed E-state index contributed by atoms with van der Waals surface area (Å²) in [7, 11) is 0. The maximum absolute atomic E-state index is 2.72. The van der Waals surface area contributed by atoms with Crippen molar-refractivity contribution in [2.24, 2.45) is 0 Å². The molecule has 4 atom stereocenters. The molecule has 18 heavy (non-hydrogen) atoms. The summed E-state index contributed by atoms with van der Waals surface area (Å²) in [6, 6.07) is 3.29. The lowest BCUT2D eigenvalue weighted by molar-refractivity contribution is 0.185. The molecule has 2 heteroatoms. The Morgan fingerprint density at radius 2 is 0.889 bits per heavy atom. The highest BCUT2D eigenvalue weighted by Gasteiger charge is 2.28. The zero-order valence-corrected chi connectivity index (χ0v) is 12.9. The summed E-state index contributed by atoms with van der Waals surface area (Å²) in [5.74, 6) is 0. The molecule has 0 amide bonds. The van der Waals surface area contributed by atoms with Gasteiger partial charge in [-0.05, 0) is 79.3 Å². The minimum Gasteiger partial charge on any atom is -0.298 e. The fraction of sp³-hybridized carbons (Fsp3) is 1.00. The summed E-state index contributed by atoms with van der Waals surface area (Å²) < 4.78 is 0. The molecule has 2 heterocycles. The topological polar surface area (TPSA) is 6.48 Å². The third-order valence-corrected chi connectivity index (χ3v) is 5.35. The van der Waals surface area contributed by atoms with Gasteiger partial charge in [-0.3, -0.25) is 9.80 Å². The molecule has 0 spiro atoms. The maximum atomic E-state index is 2.72. The van der Waals surface area contributed by atoms with Gasteiger partial charge in [-0.25, -0.2) is 0 Å². The molecule has 2 nitrogen and oxygen atoms in total. The van der Waals surface area contributed by atoms with E-state index in [1.807, 2.05) is 0 Å². The summed E-state index contributed by atoms with van der Waals surface area (Å²) in [4.78, 5) is 5.44. The average molecular weight is 252 g/mol. The Morgan fingerprint density at radius 1 is 0.611 bits per heavy atom. The van der Waals surface area contributed by atoms with Crippen molar-refractivity contribution >= 4 is 0 Å². The van der Waals surface area contributed by atoms with Crippen LogP contribution in [0.2, 0.25) is 0 Å². The molecule has 106 valence electrons. The van der Waals surface area contributed by atoms with E-state index in [1.54, 1.807) is 0 Å². The minimum atomic E-state index is 0.824. The van der Waals surface area contributed by atoms with Gasteiger partial charge < -0.3 is 0 Å². The Bertz CT molecular complexity index is 207. The number of unbranched alkanes of at least 4 members (excludes halogenated alkanes) is 1. The van der Waals surface area contributed by atoms with Gasteiger partial charge in [0.1, 0.15) is 0 Å². The van der Waals surface area contributed by atoms with Crippen molar-refractivity contribution in [2.75, 3.05) is 13.1 Å². The molecule has 0 bridgehead atoms. The lowest BCUT2D eigenvalue weighted by Gasteiger charge is -2.28. The first kappa shape index (κ1) is 14.3. The smallest absolute Gasteiger partial charge is 0.00703 e. The Kier molecular flexibility index (Phi) is 5.08. The third-order valence-electron chi connectivity index (χ3n) is 5.35. The van der Waals surface area contributed by atoms with Gasteiger partial charge in [0.05, 0.1) is 0 Å². The molecule has 2 rings (SSSR count). The van der Waals surface area contributed by atoms with E-state index in [4.69, 9.17) is 0 Å². The number of hydrogen-bond acceptors (Lipinski definition) is 2. The summed E-state index contributed by atoms with van der Waals surface area (Å²) in [6.07, 6.45) is 8.38. The number of likely N-dealkylation sites (tertiary alicyclic amines) is 2. The molecule has 0 aromatic rings. The quantitative estimate of drug-likeness (QED) is 0.691. The first-order valence-corrected chi connectivity index (χ1v) is 8.11. The Balaban J connectivity index is 1.64. The zero-order valence-electron chi connectivity index (χ0n) is 12.9. The molecule has 0 N–H and O–H groups in total. The molecule has 2 aliphatic rings. The van der Waals surface area contributed by atoms with Crippen molar-refractivity contribution in [2.45, 2.75) is 90.4 Å². The molecular weight excluding hydrogens is 220 g/mol. The molecule has 0 unspecified atom stereocenters. The van der Waals surface area contributed by atoms with E-state index in [9.17, 15) is 0 Å². The summed E-state index contributed by atoms with van der Waals surface area (Å²) in [6.45, 7) is 12.2. The molecular formula is C16H32N2. The summed E-state index contributed by atoms with van der Waals surface area (Å²) in [5, 5.41) is 0. The molecule has 0 aromatic heterocycles. The van der Waals surface area contributed by atoms with Crippen LogP contribution in [0.15, 0.2) is 0 Å². The summed E-state index contributed by atoms with van der Waals surface area (Å²) >= 11 is 0. The minimum absolute atomic E-state index is 0.824. The molecule has 0 saturated carbocycles. The summed E-state index contributed by atoms with van der Waals surface area (Å²) in [5.41, 5.74) is 0. The van der Waals surface area contributed by atoms with Crippen LogP contribution in [0.5, 0.6) is 0 Å². The fourth-order valence-corrected chi connectivity index (χ4v) is 3.97. The van der Waals surface area contributed by atoms with Gasteiger partial charge in [0.15, 0.2) is 0 Å². The van der Waals surface area contributed by atoms with Crippen molar-refractivity contribution in [3.8, 4) is 0 Å². The molecule has 0 aromatic carbocycles. The van der Waals surface area contributed by atoms with E-state index in [0.717, 1.165) is 24.2 Å².